The van der Waals surface area contributed by atoms with Crippen molar-refractivity contribution in [2.45, 2.75) is 38.5 Å². The second-order valence-electron chi connectivity index (χ2n) is 8.61. The number of nitriles is 1. The van der Waals surface area contributed by atoms with Crippen molar-refractivity contribution in [1.82, 2.24) is 24.7 Å². The first-order valence-corrected chi connectivity index (χ1v) is 11.4. The number of aromatic amines is 1. The summed E-state index contributed by atoms with van der Waals surface area (Å²) in [5.74, 6) is -3.26. The van der Waals surface area contributed by atoms with E-state index in [-0.39, 0.29) is 47.5 Å². The molecule has 4 rings (SSSR count). The van der Waals surface area contributed by atoms with Crippen molar-refractivity contribution in [3.8, 4) is 17.5 Å². The average molecular weight is 546 g/mol. The van der Waals surface area contributed by atoms with Crippen LogP contribution in [-0.4, -0.2) is 30.8 Å². The van der Waals surface area contributed by atoms with Crippen molar-refractivity contribution in [2.75, 3.05) is 11.1 Å². The molecular formula is C24H19F5N8O2. The van der Waals surface area contributed by atoms with Crippen molar-refractivity contribution in [2.24, 2.45) is 0 Å². The largest absolute Gasteiger partial charge is 0.423 e. The van der Waals surface area contributed by atoms with Gasteiger partial charge in [-0.05, 0) is 37.3 Å². The maximum absolute atomic E-state index is 15.0. The monoisotopic (exact) mass is 546 g/mol. The molecule has 0 radical (unpaired) electrons. The van der Waals surface area contributed by atoms with Crippen molar-refractivity contribution < 1.29 is 22.0 Å². The summed E-state index contributed by atoms with van der Waals surface area (Å²) in [6, 6.07) is 3.80. The number of nitrogens with zero attached hydrogens (tertiary/aromatic N) is 5. The highest BCUT2D eigenvalue weighted by atomic mass is 19.4. The van der Waals surface area contributed by atoms with Gasteiger partial charge in [-0.25, -0.2) is 23.8 Å². The Morgan fingerprint density at radius 1 is 1.23 bits per heavy atom. The normalized spacial score (nSPS) is 12.3. The fourth-order valence-electron chi connectivity index (χ4n) is 4.02. The third kappa shape index (κ3) is 5.40. The standard InChI is InChI=1S/C24H19F5N8O2/c1-11(34-15-10-33-36-22(38)17(15)24(27,28)29)3-2-5-37-6-4-12-7-14(18(25)19(26)16(12)23(37)39)21-32-9-13(8-30)20(31)35-21/h4,6-7,9-11H,2-3,5H2,1H3,(H2,31,32,35)(H2,34,36,38). The van der Waals surface area contributed by atoms with Gasteiger partial charge in [-0.2, -0.15) is 23.5 Å². The number of alkyl halides is 3. The van der Waals surface area contributed by atoms with Gasteiger partial charge in [0.05, 0.1) is 29.0 Å². The van der Waals surface area contributed by atoms with Gasteiger partial charge in [-0.15, -0.1) is 0 Å². The number of aromatic nitrogens is 5. The quantitative estimate of drug-likeness (QED) is 0.297. The van der Waals surface area contributed by atoms with Crippen molar-refractivity contribution >= 4 is 22.3 Å². The number of aryl methyl sites for hydroxylation is 1. The van der Waals surface area contributed by atoms with Crippen LogP contribution in [0.1, 0.15) is 30.9 Å². The molecule has 0 aliphatic rings. The number of rotatable bonds is 7. The number of benzene rings is 1. The molecule has 1 atom stereocenters. The van der Waals surface area contributed by atoms with E-state index in [1.807, 2.05) is 0 Å². The fourth-order valence-corrected chi connectivity index (χ4v) is 4.02. The Hall–Kier alpha value is -4.87. The highest BCUT2D eigenvalue weighted by molar-refractivity contribution is 5.86. The summed E-state index contributed by atoms with van der Waals surface area (Å²) in [7, 11) is 0. The lowest BCUT2D eigenvalue weighted by Gasteiger charge is -2.18. The Labute approximate surface area is 215 Å². The minimum absolute atomic E-state index is 0.0392. The summed E-state index contributed by atoms with van der Waals surface area (Å²) < 4.78 is 70.8. The number of hydrogen-bond donors (Lipinski definition) is 3. The van der Waals surface area contributed by atoms with E-state index in [0.717, 1.165) is 17.0 Å². The van der Waals surface area contributed by atoms with Gasteiger partial charge in [-0.3, -0.25) is 9.59 Å². The highest BCUT2D eigenvalue weighted by Gasteiger charge is 2.37. The van der Waals surface area contributed by atoms with Crippen LogP contribution in [0.15, 0.2) is 40.3 Å². The minimum atomic E-state index is -4.89. The first-order valence-electron chi connectivity index (χ1n) is 11.4. The lowest BCUT2D eigenvalue weighted by atomic mass is 10.1. The molecule has 0 saturated heterocycles. The van der Waals surface area contributed by atoms with E-state index in [1.165, 1.54) is 18.3 Å². The Morgan fingerprint density at radius 3 is 2.64 bits per heavy atom. The molecular weight excluding hydrogens is 527 g/mol. The van der Waals surface area contributed by atoms with E-state index in [4.69, 9.17) is 11.0 Å². The summed E-state index contributed by atoms with van der Waals surface area (Å²) in [6.07, 6.45) is -1.05. The van der Waals surface area contributed by atoms with Crippen LogP contribution in [-0.2, 0) is 12.7 Å². The Bertz CT molecular complexity index is 1730. The van der Waals surface area contributed by atoms with Crippen LogP contribution in [0.25, 0.3) is 22.2 Å². The molecule has 0 saturated carbocycles. The summed E-state index contributed by atoms with van der Waals surface area (Å²) in [5, 5.41) is 16.3. The molecule has 1 aromatic carbocycles. The van der Waals surface area contributed by atoms with Crippen LogP contribution in [0, 0.1) is 23.0 Å². The van der Waals surface area contributed by atoms with E-state index in [0.29, 0.717) is 0 Å². The van der Waals surface area contributed by atoms with Gasteiger partial charge in [-0.1, -0.05) is 0 Å². The third-order valence-electron chi connectivity index (χ3n) is 5.90. The predicted octanol–water partition coefficient (Wildman–Crippen LogP) is 3.57. The lowest BCUT2D eigenvalue weighted by molar-refractivity contribution is -0.138. The Balaban J connectivity index is 1.53. The van der Waals surface area contributed by atoms with E-state index in [9.17, 15) is 27.2 Å². The van der Waals surface area contributed by atoms with Crippen LogP contribution in [0.2, 0.25) is 0 Å². The zero-order valence-corrected chi connectivity index (χ0v) is 20.1. The first-order chi connectivity index (χ1) is 18.4. The van der Waals surface area contributed by atoms with Crippen molar-refractivity contribution in [1.29, 1.82) is 5.26 Å². The molecule has 0 fully saturated rings. The molecule has 4 N–H and O–H groups in total. The number of H-pyrrole nitrogens is 1. The van der Waals surface area contributed by atoms with Crippen molar-refractivity contribution in [3.63, 3.8) is 0 Å². The number of nitrogens with one attached hydrogen (secondary N) is 2. The molecule has 1 unspecified atom stereocenters. The fraction of sp³-hybridized carbons (Fsp3) is 0.250. The highest BCUT2D eigenvalue weighted by Crippen LogP contribution is 2.32. The van der Waals surface area contributed by atoms with Crippen LogP contribution >= 0.6 is 0 Å². The van der Waals surface area contributed by atoms with Crippen LogP contribution < -0.4 is 22.2 Å². The molecule has 0 amide bonds. The van der Waals surface area contributed by atoms with Gasteiger partial charge >= 0.3 is 6.18 Å². The molecule has 0 spiro atoms. The number of hydrogen-bond acceptors (Lipinski definition) is 8. The molecule has 202 valence electrons. The van der Waals surface area contributed by atoms with Crippen molar-refractivity contribution in [3.05, 3.63) is 74.2 Å². The van der Waals surface area contributed by atoms with Crippen LogP contribution in [0.4, 0.5) is 33.5 Å². The van der Waals surface area contributed by atoms with Crippen LogP contribution in [0.5, 0.6) is 0 Å². The second kappa shape index (κ2) is 10.5. The molecule has 0 aliphatic heterocycles. The predicted molar refractivity (Wildman–Crippen MR) is 130 cm³/mol. The maximum atomic E-state index is 15.0. The summed E-state index contributed by atoms with van der Waals surface area (Å²) in [5.41, 5.74) is 1.18. The van der Waals surface area contributed by atoms with Gasteiger partial charge in [0.1, 0.15) is 23.0 Å². The first kappa shape index (κ1) is 27.2. The summed E-state index contributed by atoms with van der Waals surface area (Å²) in [4.78, 5) is 32.2. The topological polar surface area (TPSA) is 155 Å². The second-order valence-corrected chi connectivity index (χ2v) is 8.61. The van der Waals surface area contributed by atoms with E-state index in [1.54, 1.807) is 18.1 Å². The Kier molecular flexibility index (Phi) is 7.30. The summed E-state index contributed by atoms with van der Waals surface area (Å²) in [6.45, 7) is 1.64. The van der Waals surface area contributed by atoms with E-state index in [2.05, 4.69) is 20.4 Å². The smallest absolute Gasteiger partial charge is 0.382 e. The van der Waals surface area contributed by atoms with Gasteiger partial charge in [0, 0.05) is 18.8 Å². The third-order valence-corrected chi connectivity index (χ3v) is 5.90. The van der Waals surface area contributed by atoms with E-state index >= 15 is 4.39 Å². The lowest BCUT2D eigenvalue weighted by Crippen LogP contribution is -2.27. The molecule has 3 aromatic heterocycles. The molecule has 10 nitrogen and oxygen atoms in total. The zero-order chi connectivity index (χ0) is 28.5. The Morgan fingerprint density at radius 2 is 1.97 bits per heavy atom. The number of pyridine rings is 1. The SMILES string of the molecule is CC(CCCn1ccc2cc(-c3ncc(C#N)c(N)n3)c(F)c(F)c2c1=O)Nc1cn[nH]c(=O)c1C(F)(F)F. The maximum Gasteiger partial charge on any atom is 0.423 e. The average Bonchev–Trinajstić information content (AvgIpc) is 2.86. The number of anilines is 2. The van der Waals surface area contributed by atoms with Gasteiger partial charge < -0.3 is 15.6 Å². The molecule has 39 heavy (non-hydrogen) atoms. The number of nitrogen functional groups attached to an aromatic ring is 1. The minimum Gasteiger partial charge on any atom is -0.382 e. The number of halogens is 5. The number of fused-ring (bicyclic) bond motifs is 1. The molecule has 4 aromatic rings. The van der Waals surface area contributed by atoms with Crippen LogP contribution in [0.3, 0.4) is 0 Å². The van der Waals surface area contributed by atoms with E-state index < -0.39 is 51.6 Å². The molecule has 3 heterocycles. The molecule has 15 heteroatoms. The zero-order valence-electron chi connectivity index (χ0n) is 20.1. The van der Waals surface area contributed by atoms with Gasteiger partial charge in [0.15, 0.2) is 17.5 Å². The van der Waals surface area contributed by atoms with Gasteiger partial charge in [0.25, 0.3) is 11.1 Å². The number of nitrogens with two attached hydrogens (primary N) is 1. The summed E-state index contributed by atoms with van der Waals surface area (Å²) >= 11 is 0. The molecule has 0 aliphatic carbocycles. The molecule has 0 bridgehead atoms. The van der Waals surface area contributed by atoms with Gasteiger partial charge in [0.2, 0.25) is 0 Å².